The highest BCUT2D eigenvalue weighted by atomic mass is 35.5. The Labute approximate surface area is 230 Å². The molecule has 2 aromatic heterocycles. The van der Waals surface area contributed by atoms with Gasteiger partial charge in [-0.3, -0.25) is 15.0 Å². The van der Waals surface area contributed by atoms with Gasteiger partial charge < -0.3 is 20.2 Å². The number of thiazole rings is 1. The zero-order valence-electron chi connectivity index (χ0n) is 21.4. The molecule has 3 N–H and O–H groups in total. The van der Waals surface area contributed by atoms with E-state index >= 15 is 0 Å². The van der Waals surface area contributed by atoms with E-state index in [-0.39, 0.29) is 12.5 Å². The minimum Gasteiger partial charge on any atom is -0.395 e. The van der Waals surface area contributed by atoms with Crippen molar-refractivity contribution in [1.29, 1.82) is 0 Å². The van der Waals surface area contributed by atoms with Crippen molar-refractivity contribution in [3.8, 4) is 0 Å². The zero-order chi connectivity index (χ0) is 26.5. The summed E-state index contributed by atoms with van der Waals surface area (Å²) in [7, 11) is 0. The van der Waals surface area contributed by atoms with Gasteiger partial charge in [-0.1, -0.05) is 35.1 Å². The topological polar surface area (TPSA) is 123 Å². The molecule has 0 unspecified atom stereocenters. The predicted molar refractivity (Wildman–Crippen MR) is 151 cm³/mol. The number of aliphatic hydroxyl groups is 1. The van der Waals surface area contributed by atoms with Gasteiger partial charge >= 0.3 is 0 Å². The fourth-order valence-electron chi connectivity index (χ4n) is 4.60. The number of amides is 1. The van der Waals surface area contributed by atoms with E-state index in [2.05, 4.69) is 30.3 Å². The van der Waals surface area contributed by atoms with Crippen LogP contribution in [-0.2, 0) is 0 Å². The van der Waals surface area contributed by atoms with Crippen LogP contribution in [0.15, 0.2) is 24.4 Å². The van der Waals surface area contributed by atoms with Crippen LogP contribution in [0.25, 0.3) is 0 Å². The zero-order valence-corrected chi connectivity index (χ0v) is 22.9. The summed E-state index contributed by atoms with van der Waals surface area (Å²) in [4.78, 5) is 38.5. The second-order valence-electron chi connectivity index (χ2n) is 9.40. The Balaban J connectivity index is 1.34. The van der Waals surface area contributed by atoms with Crippen LogP contribution in [0.5, 0.6) is 0 Å². The molecule has 1 amide bonds. The molecule has 2 fully saturated rings. The summed E-state index contributed by atoms with van der Waals surface area (Å²) in [6, 6.07) is 5.48. The second kappa shape index (κ2) is 12.2. The number of para-hydroxylation sites is 1. The fraction of sp³-hybridized carbons (Fsp3) is 0.480. The lowest BCUT2D eigenvalue weighted by atomic mass is 10.1. The average Bonchev–Trinajstić information content (AvgIpc) is 3.40. The van der Waals surface area contributed by atoms with Crippen molar-refractivity contribution in [2.75, 3.05) is 72.9 Å². The number of hydrogen-bond donors (Lipinski definition) is 3. The highest BCUT2D eigenvalue weighted by molar-refractivity contribution is 7.17. The van der Waals surface area contributed by atoms with Crippen molar-refractivity contribution in [1.82, 2.24) is 24.8 Å². The Hall–Kier alpha value is -3.06. The third-order valence-electron chi connectivity index (χ3n) is 6.73. The molecule has 0 aliphatic carbocycles. The van der Waals surface area contributed by atoms with E-state index < -0.39 is 0 Å². The van der Waals surface area contributed by atoms with Crippen molar-refractivity contribution in [2.45, 2.75) is 26.2 Å². The van der Waals surface area contributed by atoms with E-state index in [0.717, 1.165) is 57.7 Å². The molecular weight excluding hydrogens is 526 g/mol. The third kappa shape index (κ3) is 6.32. The minimum atomic E-state index is -0.280. The van der Waals surface area contributed by atoms with Crippen LogP contribution in [0.4, 0.5) is 28.7 Å². The fourth-order valence-corrected chi connectivity index (χ4v) is 5.57. The molecule has 2 saturated heterocycles. The monoisotopic (exact) mass is 557 g/mol. The summed E-state index contributed by atoms with van der Waals surface area (Å²) < 4.78 is 0. The lowest BCUT2D eigenvalue weighted by molar-refractivity contribution is 0.103. The first-order valence-corrected chi connectivity index (χ1v) is 14.1. The molecule has 2 aliphatic heterocycles. The van der Waals surface area contributed by atoms with E-state index in [4.69, 9.17) is 26.6 Å². The molecule has 4 heterocycles. The number of aliphatic hydroxyl groups excluding tert-OH is 1. The molecule has 2 aliphatic rings. The van der Waals surface area contributed by atoms with E-state index in [1.54, 1.807) is 6.07 Å². The number of halogens is 1. The minimum absolute atomic E-state index is 0.157. The first-order chi connectivity index (χ1) is 18.5. The Morgan fingerprint density at radius 3 is 2.42 bits per heavy atom. The molecule has 0 bridgehead atoms. The number of carbonyl (C=O) groups excluding carboxylic acids is 1. The molecule has 0 radical (unpaired) electrons. The lowest BCUT2D eigenvalue weighted by Crippen LogP contribution is -2.48. The third-order valence-corrected chi connectivity index (χ3v) is 7.96. The van der Waals surface area contributed by atoms with Gasteiger partial charge in [-0.2, -0.15) is 15.0 Å². The van der Waals surface area contributed by atoms with Crippen molar-refractivity contribution in [2.24, 2.45) is 0 Å². The molecule has 11 nitrogen and oxygen atoms in total. The molecule has 202 valence electrons. The Morgan fingerprint density at radius 1 is 1.03 bits per heavy atom. The maximum Gasteiger partial charge on any atom is 0.267 e. The predicted octanol–water partition coefficient (Wildman–Crippen LogP) is 3.39. The first-order valence-electron chi connectivity index (χ1n) is 12.9. The molecular formula is C25H32ClN9O2S. The van der Waals surface area contributed by atoms with Crippen LogP contribution in [0, 0.1) is 6.92 Å². The number of aryl methyl sites for hydroxylation is 1. The summed E-state index contributed by atoms with van der Waals surface area (Å²) in [5.41, 5.74) is 1.48. The van der Waals surface area contributed by atoms with E-state index in [1.165, 1.54) is 24.0 Å². The highest BCUT2D eigenvalue weighted by Gasteiger charge is 2.23. The van der Waals surface area contributed by atoms with E-state index in [0.29, 0.717) is 45.1 Å². The maximum absolute atomic E-state index is 12.9. The first kappa shape index (κ1) is 26.5. The summed E-state index contributed by atoms with van der Waals surface area (Å²) in [5, 5.41) is 16.3. The molecule has 0 saturated carbocycles. The van der Waals surface area contributed by atoms with Crippen molar-refractivity contribution in [3.63, 3.8) is 0 Å². The van der Waals surface area contributed by atoms with Gasteiger partial charge in [0.15, 0.2) is 5.13 Å². The van der Waals surface area contributed by atoms with Gasteiger partial charge in [-0.15, -0.1) is 0 Å². The highest BCUT2D eigenvalue weighted by Crippen LogP contribution is 2.28. The number of nitrogens with zero attached hydrogens (tertiary/aromatic N) is 7. The van der Waals surface area contributed by atoms with Gasteiger partial charge in [0.1, 0.15) is 4.88 Å². The number of piperazine rings is 1. The van der Waals surface area contributed by atoms with Gasteiger partial charge in [-0.05, 0) is 37.8 Å². The van der Waals surface area contributed by atoms with Gasteiger partial charge in [-0.25, -0.2) is 4.98 Å². The quantitative estimate of drug-likeness (QED) is 0.380. The van der Waals surface area contributed by atoms with Gasteiger partial charge in [0.25, 0.3) is 5.91 Å². The number of benzene rings is 1. The van der Waals surface area contributed by atoms with Crippen LogP contribution in [0.2, 0.25) is 5.02 Å². The molecule has 1 aromatic carbocycles. The lowest BCUT2D eigenvalue weighted by Gasteiger charge is -2.35. The summed E-state index contributed by atoms with van der Waals surface area (Å²) >= 11 is 7.49. The molecule has 0 atom stereocenters. The number of nitrogens with one attached hydrogen (secondary N) is 2. The van der Waals surface area contributed by atoms with Gasteiger partial charge in [0.05, 0.1) is 23.5 Å². The number of aromatic nitrogens is 4. The summed E-state index contributed by atoms with van der Waals surface area (Å²) in [6.07, 6.45) is 4.96. The Morgan fingerprint density at radius 2 is 1.74 bits per heavy atom. The number of anilines is 5. The van der Waals surface area contributed by atoms with Gasteiger partial charge in [0, 0.05) is 45.8 Å². The molecule has 3 aromatic rings. The van der Waals surface area contributed by atoms with E-state index in [1.807, 2.05) is 19.1 Å². The number of piperidine rings is 1. The normalized spacial score (nSPS) is 16.5. The number of rotatable bonds is 8. The molecule has 0 spiro atoms. The van der Waals surface area contributed by atoms with Gasteiger partial charge in [0.2, 0.25) is 17.8 Å². The molecule has 5 rings (SSSR count). The van der Waals surface area contributed by atoms with E-state index in [9.17, 15) is 9.90 Å². The van der Waals surface area contributed by atoms with Crippen LogP contribution < -0.4 is 20.4 Å². The maximum atomic E-state index is 12.9. The SMILES string of the molecule is Cc1cccc(Cl)c1NC(=O)c1cnc(Nc2nc(N3CCCCC3)nc(N3CCN(CCO)CC3)n2)s1. The Kier molecular flexibility index (Phi) is 8.52. The summed E-state index contributed by atoms with van der Waals surface area (Å²) in [5.74, 6) is 1.39. The van der Waals surface area contributed by atoms with Crippen molar-refractivity contribution < 1.29 is 9.90 Å². The van der Waals surface area contributed by atoms with Crippen LogP contribution >= 0.6 is 22.9 Å². The summed E-state index contributed by atoms with van der Waals surface area (Å²) in [6.45, 7) is 7.77. The number of β-amino-alcohol motifs (C(OH)–C–C–N with tert-alkyl or cyclic N) is 1. The number of carbonyl (C=O) groups is 1. The Bertz CT molecular complexity index is 1240. The largest absolute Gasteiger partial charge is 0.395 e. The van der Waals surface area contributed by atoms with Crippen LogP contribution in [0.3, 0.4) is 0 Å². The molecule has 13 heteroatoms. The standard InChI is InChI=1S/C25H32ClN9O2S/c1-17-6-5-7-18(26)20(17)28-21(37)19-16-27-25(38-19)31-22-29-23(34-8-3-2-4-9-34)32-24(30-22)35-12-10-33(11-13-35)14-15-36/h5-7,16,36H,2-4,8-15H2,1H3,(H,28,37)(H,27,29,30,31,32). The molecule has 38 heavy (non-hydrogen) atoms. The van der Waals surface area contributed by atoms with Crippen molar-refractivity contribution in [3.05, 3.63) is 39.9 Å². The van der Waals surface area contributed by atoms with Crippen LogP contribution in [0.1, 0.15) is 34.5 Å². The van der Waals surface area contributed by atoms with Crippen molar-refractivity contribution >= 4 is 57.5 Å². The van der Waals surface area contributed by atoms with Crippen LogP contribution in [-0.4, -0.2) is 88.3 Å². The smallest absolute Gasteiger partial charge is 0.267 e. The average molecular weight is 558 g/mol. The second-order valence-corrected chi connectivity index (χ2v) is 10.8. The number of hydrogen-bond acceptors (Lipinski definition) is 11.